The zero-order valence-corrected chi connectivity index (χ0v) is 11.3. The number of carbonyl (C=O) groups excluding carboxylic acids is 1. The van der Waals surface area contributed by atoms with Crippen LogP contribution in [0.3, 0.4) is 0 Å². The van der Waals surface area contributed by atoms with Gasteiger partial charge in [-0.15, -0.1) is 0 Å². The van der Waals surface area contributed by atoms with Crippen LogP contribution in [-0.2, 0) is 11.2 Å². The molecule has 0 aromatic carbocycles. The molecule has 1 amide bonds. The first-order valence-corrected chi connectivity index (χ1v) is 6.78. The zero-order chi connectivity index (χ0) is 13.7. The molecule has 2 heterocycles. The van der Waals surface area contributed by atoms with E-state index in [1.54, 1.807) is 0 Å². The lowest BCUT2D eigenvalue weighted by molar-refractivity contribution is -0.120. The highest BCUT2D eigenvalue weighted by molar-refractivity contribution is 5.79. The van der Waals surface area contributed by atoms with Gasteiger partial charge in [0.05, 0.1) is 6.42 Å². The fourth-order valence-electron chi connectivity index (χ4n) is 2.49. The first kappa shape index (κ1) is 13.8. The molecule has 1 atom stereocenters. The van der Waals surface area contributed by atoms with E-state index < -0.39 is 0 Å². The van der Waals surface area contributed by atoms with Gasteiger partial charge >= 0.3 is 0 Å². The van der Waals surface area contributed by atoms with Crippen molar-refractivity contribution in [3.05, 3.63) is 5.69 Å². The normalized spacial score (nSPS) is 20.4. The van der Waals surface area contributed by atoms with Crippen LogP contribution in [0.25, 0.3) is 0 Å². The van der Waals surface area contributed by atoms with Crippen molar-refractivity contribution >= 4 is 11.7 Å². The van der Waals surface area contributed by atoms with E-state index in [9.17, 15) is 4.79 Å². The van der Waals surface area contributed by atoms with Crippen LogP contribution in [0.2, 0.25) is 0 Å². The van der Waals surface area contributed by atoms with E-state index in [-0.39, 0.29) is 18.1 Å². The maximum Gasteiger partial charge on any atom is 0.226 e. The van der Waals surface area contributed by atoms with Gasteiger partial charge in [-0.3, -0.25) is 9.69 Å². The minimum atomic E-state index is -0.0935. The predicted octanol–water partition coefficient (Wildman–Crippen LogP) is 0.185. The summed E-state index contributed by atoms with van der Waals surface area (Å²) in [5.41, 5.74) is 5.91. The highest BCUT2D eigenvalue weighted by Crippen LogP contribution is 2.15. The van der Waals surface area contributed by atoms with E-state index in [4.69, 9.17) is 5.73 Å². The monoisotopic (exact) mass is 267 g/mol. The number of amides is 1. The number of carbonyl (C=O) groups is 1. The maximum absolute atomic E-state index is 11.8. The Kier molecular flexibility index (Phi) is 4.73. The molecule has 0 spiro atoms. The molecule has 1 aliphatic heterocycles. The summed E-state index contributed by atoms with van der Waals surface area (Å²) in [6.45, 7) is 4.98. The van der Waals surface area contributed by atoms with Crippen LogP contribution in [-0.4, -0.2) is 46.8 Å². The number of likely N-dealkylation sites (N-methyl/N-ethyl adjacent to an activating group) is 1. The van der Waals surface area contributed by atoms with E-state index in [0.29, 0.717) is 18.3 Å². The molecule has 3 N–H and O–H groups in total. The van der Waals surface area contributed by atoms with Gasteiger partial charge in [-0.1, -0.05) is 18.5 Å². The largest absolute Gasteiger partial charge is 0.379 e. The van der Waals surface area contributed by atoms with E-state index in [0.717, 1.165) is 19.5 Å². The molecule has 7 nitrogen and oxygen atoms in total. The van der Waals surface area contributed by atoms with Gasteiger partial charge in [0.15, 0.2) is 5.82 Å². The lowest BCUT2D eigenvalue weighted by Gasteiger charge is -2.34. The Balaban J connectivity index is 1.78. The number of nitrogens with one attached hydrogen (secondary N) is 1. The second-order valence-electron chi connectivity index (χ2n) is 4.86. The fourth-order valence-corrected chi connectivity index (χ4v) is 2.49. The molecule has 7 heteroatoms. The molecule has 19 heavy (non-hydrogen) atoms. The number of hydrogen-bond acceptors (Lipinski definition) is 6. The SMILES string of the molecule is CCN1CCCCC1CNC(=O)Cc1nonc1N. The van der Waals surface area contributed by atoms with Crippen LogP contribution in [0.5, 0.6) is 0 Å². The summed E-state index contributed by atoms with van der Waals surface area (Å²) in [5, 5.41) is 9.98. The number of nitrogens with two attached hydrogens (primary N) is 1. The van der Waals surface area contributed by atoms with Gasteiger partial charge in [0, 0.05) is 12.6 Å². The first-order chi connectivity index (χ1) is 9.20. The third-order valence-electron chi connectivity index (χ3n) is 3.60. The van der Waals surface area contributed by atoms with Crippen LogP contribution in [0.4, 0.5) is 5.82 Å². The van der Waals surface area contributed by atoms with Gasteiger partial charge in [0.1, 0.15) is 5.69 Å². The topological polar surface area (TPSA) is 97.3 Å². The summed E-state index contributed by atoms with van der Waals surface area (Å²) >= 11 is 0. The molecular weight excluding hydrogens is 246 g/mol. The number of likely N-dealkylation sites (tertiary alicyclic amines) is 1. The number of hydrogen-bond donors (Lipinski definition) is 2. The maximum atomic E-state index is 11.8. The van der Waals surface area contributed by atoms with Crippen molar-refractivity contribution in [2.75, 3.05) is 25.4 Å². The Bertz CT molecular complexity index is 420. The second kappa shape index (κ2) is 6.51. The summed E-state index contributed by atoms with van der Waals surface area (Å²) in [7, 11) is 0. The van der Waals surface area contributed by atoms with E-state index in [1.165, 1.54) is 12.8 Å². The average molecular weight is 267 g/mol. The standard InChI is InChI=1S/C12H21N5O2/c1-2-17-6-4-3-5-9(17)8-14-11(18)7-10-12(13)16-19-15-10/h9H,2-8H2,1H3,(H2,13,16)(H,14,18). The second-order valence-corrected chi connectivity index (χ2v) is 4.86. The number of nitrogens with zero attached hydrogens (tertiary/aromatic N) is 3. The molecule has 1 saturated heterocycles. The van der Waals surface area contributed by atoms with E-state index >= 15 is 0 Å². The van der Waals surface area contributed by atoms with Crippen molar-refractivity contribution in [2.45, 2.75) is 38.6 Å². The fraction of sp³-hybridized carbons (Fsp3) is 0.750. The molecule has 106 valence electrons. The summed E-state index contributed by atoms with van der Waals surface area (Å²) in [6.07, 6.45) is 3.74. The van der Waals surface area contributed by atoms with Gasteiger partial charge in [0.25, 0.3) is 0 Å². The van der Waals surface area contributed by atoms with Crippen molar-refractivity contribution in [3.8, 4) is 0 Å². The van der Waals surface area contributed by atoms with Crippen molar-refractivity contribution in [1.82, 2.24) is 20.5 Å². The Labute approximate surface area is 112 Å². The lowest BCUT2D eigenvalue weighted by Crippen LogP contribution is -2.46. The van der Waals surface area contributed by atoms with E-state index in [2.05, 4.69) is 32.1 Å². The highest BCUT2D eigenvalue weighted by Gasteiger charge is 2.21. The number of anilines is 1. The first-order valence-electron chi connectivity index (χ1n) is 6.78. The molecule has 0 bridgehead atoms. The van der Waals surface area contributed by atoms with Crippen molar-refractivity contribution < 1.29 is 9.42 Å². The zero-order valence-electron chi connectivity index (χ0n) is 11.3. The van der Waals surface area contributed by atoms with Crippen LogP contribution < -0.4 is 11.1 Å². The lowest BCUT2D eigenvalue weighted by atomic mass is 10.0. The summed E-state index contributed by atoms with van der Waals surface area (Å²) < 4.78 is 4.46. The quantitative estimate of drug-likeness (QED) is 0.790. The molecule has 1 aromatic heterocycles. The van der Waals surface area contributed by atoms with E-state index in [1.807, 2.05) is 0 Å². The Hall–Kier alpha value is -1.63. The highest BCUT2D eigenvalue weighted by atomic mass is 16.6. The Morgan fingerprint density at radius 3 is 3.05 bits per heavy atom. The molecular formula is C12H21N5O2. The van der Waals surface area contributed by atoms with Crippen LogP contribution >= 0.6 is 0 Å². The molecule has 1 aliphatic rings. The summed E-state index contributed by atoms with van der Waals surface area (Å²) in [4.78, 5) is 14.2. The van der Waals surface area contributed by atoms with Gasteiger partial charge in [-0.05, 0) is 31.1 Å². The van der Waals surface area contributed by atoms with Gasteiger partial charge < -0.3 is 11.1 Å². The number of aromatic nitrogens is 2. The third-order valence-corrected chi connectivity index (χ3v) is 3.60. The molecule has 0 aliphatic carbocycles. The molecule has 0 radical (unpaired) electrons. The minimum absolute atomic E-state index is 0.0935. The van der Waals surface area contributed by atoms with Gasteiger partial charge in [-0.2, -0.15) is 0 Å². The van der Waals surface area contributed by atoms with Gasteiger partial charge in [0.2, 0.25) is 5.91 Å². The number of nitrogen functional groups attached to an aromatic ring is 1. The number of piperidine rings is 1. The molecule has 0 saturated carbocycles. The van der Waals surface area contributed by atoms with Crippen molar-refractivity contribution in [3.63, 3.8) is 0 Å². The van der Waals surface area contributed by atoms with Crippen LogP contribution in [0.1, 0.15) is 31.9 Å². The number of rotatable bonds is 5. The average Bonchev–Trinajstić information content (AvgIpc) is 2.82. The van der Waals surface area contributed by atoms with Crippen LogP contribution in [0.15, 0.2) is 4.63 Å². The molecule has 1 fully saturated rings. The summed E-state index contributed by atoms with van der Waals surface area (Å²) in [6, 6.07) is 0.440. The molecule has 2 rings (SSSR count). The predicted molar refractivity (Wildman–Crippen MR) is 70.3 cm³/mol. The van der Waals surface area contributed by atoms with Crippen LogP contribution in [0, 0.1) is 0 Å². The Morgan fingerprint density at radius 1 is 1.53 bits per heavy atom. The molecule has 1 unspecified atom stereocenters. The van der Waals surface area contributed by atoms with Crippen molar-refractivity contribution in [2.24, 2.45) is 0 Å². The smallest absolute Gasteiger partial charge is 0.226 e. The van der Waals surface area contributed by atoms with Crippen molar-refractivity contribution in [1.29, 1.82) is 0 Å². The minimum Gasteiger partial charge on any atom is -0.379 e. The summed E-state index contributed by atoms with van der Waals surface area (Å²) in [5.74, 6) is 0.0898. The Morgan fingerprint density at radius 2 is 2.37 bits per heavy atom. The molecule has 1 aromatic rings. The third kappa shape index (κ3) is 3.66. The van der Waals surface area contributed by atoms with Gasteiger partial charge in [-0.25, -0.2) is 4.63 Å².